The molecule has 1 heterocycles. The first kappa shape index (κ1) is 15.4. The monoisotopic (exact) mass is 288 g/mol. The first-order chi connectivity index (χ1) is 10.2. The number of nitrogens with zero attached hydrogens (tertiary/aromatic N) is 1. The topological polar surface area (TPSA) is 34.1 Å². The minimum absolute atomic E-state index is 0.164. The Morgan fingerprint density at radius 2 is 2.10 bits per heavy atom. The largest absolute Gasteiger partial charge is 0.492 e. The fourth-order valence-electron chi connectivity index (χ4n) is 2.07. The number of ether oxygens (including phenoxy) is 1. The second kappa shape index (κ2) is 7.18. The summed E-state index contributed by atoms with van der Waals surface area (Å²) in [6, 6.07) is 7.14. The molecule has 0 saturated heterocycles. The van der Waals surface area contributed by atoms with Crippen LogP contribution in [0.1, 0.15) is 31.9 Å². The highest BCUT2D eigenvalue weighted by Crippen LogP contribution is 2.28. The van der Waals surface area contributed by atoms with Crippen molar-refractivity contribution in [2.75, 3.05) is 13.7 Å². The van der Waals surface area contributed by atoms with Crippen molar-refractivity contribution in [1.29, 1.82) is 0 Å². The fraction of sp³-hybridized carbons (Fsp3) is 0.353. The average molecular weight is 288 g/mol. The zero-order valence-corrected chi connectivity index (χ0v) is 12.7. The summed E-state index contributed by atoms with van der Waals surface area (Å²) in [5, 5.41) is 3.16. The fourth-order valence-corrected chi connectivity index (χ4v) is 2.07. The lowest BCUT2D eigenvalue weighted by Crippen LogP contribution is -2.12. The van der Waals surface area contributed by atoms with Crippen molar-refractivity contribution in [1.82, 2.24) is 10.3 Å². The van der Waals surface area contributed by atoms with Crippen LogP contribution in [0.25, 0.3) is 11.1 Å². The van der Waals surface area contributed by atoms with Gasteiger partial charge in [-0.25, -0.2) is 4.39 Å². The summed E-state index contributed by atoms with van der Waals surface area (Å²) < 4.78 is 19.7. The van der Waals surface area contributed by atoms with Crippen LogP contribution >= 0.6 is 0 Å². The van der Waals surface area contributed by atoms with Gasteiger partial charge in [-0.15, -0.1) is 0 Å². The summed E-state index contributed by atoms with van der Waals surface area (Å²) in [5.74, 6) is 0.414. The van der Waals surface area contributed by atoms with Crippen LogP contribution in [0.5, 0.6) is 5.75 Å². The van der Waals surface area contributed by atoms with Gasteiger partial charge in [0.05, 0.1) is 12.8 Å². The summed E-state index contributed by atoms with van der Waals surface area (Å²) >= 11 is 0. The molecule has 0 aliphatic rings. The number of benzene rings is 1. The van der Waals surface area contributed by atoms with Gasteiger partial charge >= 0.3 is 0 Å². The predicted molar refractivity (Wildman–Crippen MR) is 82.9 cm³/mol. The molecule has 1 aromatic heterocycles. The minimum Gasteiger partial charge on any atom is -0.492 e. The van der Waals surface area contributed by atoms with E-state index in [0.29, 0.717) is 17.9 Å². The van der Waals surface area contributed by atoms with Crippen LogP contribution in [0.2, 0.25) is 0 Å². The SMILES string of the molecule is CCCOc1cncc(-c2cc(C(C)NC)ccc2F)c1. The Bertz CT molecular complexity index is 601. The quantitative estimate of drug-likeness (QED) is 0.873. The molecule has 0 spiro atoms. The zero-order valence-electron chi connectivity index (χ0n) is 12.7. The van der Waals surface area contributed by atoms with Gasteiger partial charge in [-0.05, 0) is 44.2 Å². The van der Waals surface area contributed by atoms with E-state index in [1.807, 2.05) is 33.0 Å². The molecule has 0 fully saturated rings. The maximum atomic E-state index is 14.1. The molecule has 3 nitrogen and oxygen atoms in total. The van der Waals surface area contributed by atoms with Crippen molar-refractivity contribution in [2.24, 2.45) is 0 Å². The Morgan fingerprint density at radius 3 is 2.81 bits per heavy atom. The lowest BCUT2D eigenvalue weighted by atomic mass is 10.0. The molecule has 0 aliphatic heterocycles. The Labute approximate surface area is 125 Å². The molecule has 1 aromatic carbocycles. The highest BCUT2D eigenvalue weighted by atomic mass is 19.1. The third-order valence-corrected chi connectivity index (χ3v) is 3.42. The standard InChI is InChI=1S/C17H21FN2O/c1-4-7-21-15-8-14(10-20-11-15)16-9-13(12(2)19-3)5-6-17(16)18/h5-6,8-12,19H,4,7H2,1-3H3. The Kier molecular flexibility index (Phi) is 5.28. The Hall–Kier alpha value is -1.94. The van der Waals surface area contributed by atoms with Crippen LogP contribution in [-0.4, -0.2) is 18.6 Å². The Morgan fingerprint density at radius 1 is 1.29 bits per heavy atom. The van der Waals surface area contributed by atoms with Gasteiger partial charge in [0, 0.05) is 23.4 Å². The molecule has 112 valence electrons. The number of hydrogen-bond acceptors (Lipinski definition) is 3. The molecule has 1 atom stereocenters. The molecule has 4 heteroatoms. The van der Waals surface area contributed by atoms with Gasteiger partial charge in [0.15, 0.2) is 0 Å². The van der Waals surface area contributed by atoms with Crippen LogP contribution in [0.4, 0.5) is 4.39 Å². The predicted octanol–water partition coefficient (Wildman–Crippen LogP) is 3.96. The maximum absolute atomic E-state index is 14.1. The highest BCUT2D eigenvalue weighted by molar-refractivity contribution is 5.65. The highest BCUT2D eigenvalue weighted by Gasteiger charge is 2.10. The number of halogens is 1. The van der Waals surface area contributed by atoms with Crippen molar-refractivity contribution < 1.29 is 9.13 Å². The first-order valence-corrected chi connectivity index (χ1v) is 7.20. The maximum Gasteiger partial charge on any atom is 0.138 e. The lowest BCUT2D eigenvalue weighted by Gasteiger charge is -2.13. The summed E-state index contributed by atoms with van der Waals surface area (Å²) in [7, 11) is 1.88. The molecule has 0 radical (unpaired) electrons. The molecule has 1 unspecified atom stereocenters. The van der Waals surface area contributed by atoms with Crippen molar-refractivity contribution in [3.8, 4) is 16.9 Å². The molecule has 0 amide bonds. The van der Waals surface area contributed by atoms with Crippen molar-refractivity contribution in [3.05, 3.63) is 48.0 Å². The van der Waals surface area contributed by atoms with Crippen molar-refractivity contribution in [3.63, 3.8) is 0 Å². The molecule has 21 heavy (non-hydrogen) atoms. The summed E-state index contributed by atoms with van der Waals surface area (Å²) in [4.78, 5) is 4.14. The van der Waals surface area contributed by atoms with E-state index in [4.69, 9.17) is 4.74 Å². The number of aromatic nitrogens is 1. The van der Waals surface area contributed by atoms with E-state index >= 15 is 0 Å². The average Bonchev–Trinajstić information content (AvgIpc) is 2.53. The number of hydrogen-bond donors (Lipinski definition) is 1. The van der Waals surface area contributed by atoms with E-state index in [9.17, 15) is 4.39 Å². The molecule has 0 bridgehead atoms. The third-order valence-electron chi connectivity index (χ3n) is 3.42. The van der Waals surface area contributed by atoms with Crippen molar-refractivity contribution >= 4 is 0 Å². The number of rotatable bonds is 6. The van der Waals surface area contributed by atoms with E-state index in [1.54, 1.807) is 18.5 Å². The second-order valence-corrected chi connectivity index (χ2v) is 5.01. The zero-order chi connectivity index (χ0) is 15.2. The van der Waals surface area contributed by atoms with Crippen LogP contribution in [0.15, 0.2) is 36.7 Å². The normalized spacial score (nSPS) is 12.2. The molecule has 2 aromatic rings. The van der Waals surface area contributed by atoms with Gasteiger partial charge < -0.3 is 10.1 Å². The van der Waals surface area contributed by atoms with Gasteiger partial charge in [-0.3, -0.25) is 4.98 Å². The summed E-state index contributed by atoms with van der Waals surface area (Å²) in [6.45, 7) is 4.71. The van der Waals surface area contributed by atoms with Gasteiger partial charge in [0.25, 0.3) is 0 Å². The lowest BCUT2D eigenvalue weighted by molar-refractivity contribution is 0.316. The van der Waals surface area contributed by atoms with Crippen LogP contribution in [0.3, 0.4) is 0 Å². The summed E-state index contributed by atoms with van der Waals surface area (Å²) in [6.07, 6.45) is 4.23. The van der Waals surface area contributed by atoms with E-state index in [1.165, 1.54) is 6.07 Å². The van der Waals surface area contributed by atoms with Crippen molar-refractivity contribution in [2.45, 2.75) is 26.3 Å². The van der Waals surface area contributed by atoms with Gasteiger partial charge in [0.1, 0.15) is 11.6 Å². The first-order valence-electron chi connectivity index (χ1n) is 7.20. The molecule has 0 aliphatic carbocycles. The van der Waals surface area contributed by atoms with E-state index in [0.717, 1.165) is 17.5 Å². The molecule has 2 rings (SSSR count). The van der Waals surface area contributed by atoms with Crippen LogP contribution < -0.4 is 10.1 Å². The summed E-state index contributed by atoms with van der Waals surface area (Å²) in [5.41, 5.74) is 2.31. The van der Waals surface area contributed by atoms with E-state index in [2.05, 4.69) is 10.3 Å². The molecular formula is C17H21FN2O. The number of pyridine rings is 1. The Balaban J connectivity index is 2.36. The smallest absolute Gasteiger partial charge is 0.138 e. The third kappa shape index (κ3) is 3.79. The van der Waals surface area contributed by atoms with Crippen LogP contribution in [0, 0.1) is 5.82 Å². The number of nitrogens with one attached hydrogen (secondary N) is 1. The van der Waals surface area contributed by atoms with Gasteiger partial charge in [-0.2, -0.15) is 0 Å². The van der Waals surface area contributed by atoms with E-state index < -0.39 is 0 Å². The molecule has 1 N–H and O–H groups in total. The molecular weight excluding hydrogens is 267 g/mol. The minimum atomic E-state index is -0.253. The van der Waals surface area contributed by atoms with Gasteiger partial charge in [0.2, 0.25) is 0 Å². The van der Waals surface area contributed by atoms with E-state index in [-0.39, 0.29) is 11.9 Å². The second-order valence-electron chi connectivity index (χ2n) is 5.01. The molecule has 0 saturated carbocycles. The van der Waals surface area contributed by atoms with Gasteiger partial charge in [-0.1, -0.05) is 13.0 Å². The van der Waals surface area contributed by atoms with Crippen LogP contribution in [-0.2, 0) is 0 Å².